The van der Waals surface area contributed by atoms with Gasteiger partial charge in [-0.25, -0.2) is 14.5 Å². The van der Waals surface area contributed by atoms with Gasteiger partial charge in [0.25, 0.3) is 0 Å². The molecule has 0 unspecified atom stereocenters. The summed E-state index contributed by atoms with van der Waals surface area (Å²) in [5.74, 6) is 1.45. The maximum Gasteiger partial charge on any atom is 0.223 e. The summed E-state index contributed by atoms with van der Waals surface area (Å²) in [6, 6.07) is 5.29. The van der Waals surface area contributed by atoms with E-state index in [2.05, 4.69) is 70.8 Å². The zero-order valence-electron chi connectivity index (χ0n) is 21.6. The third kappa shape index (κ3) is 6.16. The van der Waals surface area contributed by atoms with Gasteiger partial charge >= 0.3 is 0 Å². The number of piperidine rings is 1. The van der Waals surface area contributed by atoms with Gasteiger partial charge in [0.2, 0.25) is 5.95 Å². The van der Waals surface area contributed by atoms with Crippen molar-refractivity contribution >= 4 is 23.1 Å². The highest BCUT2D eigenvalue weighted by Gasteiger charge is 2.28. The quantitative estimate of drug-likeness (QED) is 0.521. The Bertz CT molecular complexity index is 1170. The van der Waals surface area contributed by atoms with Gasteiger partial charge in [-0.05, 0) is 95.9 Å². The van der Waals surface area contributed by atoms with E-state index in [-0.39, 0.29) is 0 Å². The molecule has 7 heteroatoms. The topological polar surface area (TPSA) is 70.4 Å². The average Bonchev–Trinajstić information content (AvgIpc) is 3.64. The molecule has 0 aromatic carbocycles. The Kier molecular flexibility index (Phi) is 7.98. The number of likely N-dealkylation sites (tertiary alicyclic amines) is 1. The van der Waals surface area contributed by atoms with Gasteiger partial charge in [0.15, 0.2) is 0 Å². The molecular formula is C28H39N7. The van der Waals surface area contributed by atoms with E-state index < -0.39 is 0 Å². The molecule has 35 heavy (non-hydrogen) atoms. The Morgan fingerprint density at radius 1 is 1.20 bits per heavy atom. The van der Waals surface area contributed by atoms with Crippen LogP contribution in [0, 0.1) is 12.8 Å². The molecule has 186 valence electrons. The van der Waals surface area contributed by atoms with Crippen LogP contribution in [-0.4, -0.2) is 63.8 Å². The van der Waals surface area contributed by atoms with E-state index >= 15 is 0 Å². The zero-order valence-corrected chi connectivity index (χ0v) is 21.6. The summed E-state index contributed by atoms with van der Waals surface area (Å²) in [5.41, 5.74) is 5.82. The largest absolute Gasteiger partial charge is 0.351 e. The Hall–Kier alpha value is -3.03. The molecule has 2 aliphatic rings. The van der Waals surface area contributed by atoms with Crippen molar-refractivity contribution in [2.45, 2.75) is 51.6 Å². The van der Waals surface area contributed by atoms with Crippen LogP contribution < -0.4 is 10.6 Å². The van der Waals surface area contributed by atoms with Gasteiger partial charge < -0.3 is 15.5 Å². The molecule has 1 saturated carbocycles. The van der Waals surface area contributed by atoms with E-state index in [1.807, 2.05) is 42.2 Å². The van der Waals surface area contributed by atoms with Gasteiger partial charge in [0, 0.05) is 35.6 Å². The van der Waals surface area contributed by atoms with Crippen molar-refractivity contribution in [2.75, 3.05) is 32.5 Å². The second kappa shape index (κ2) is 11.1. The molecule has 0 spiro atoms. The first-order chi connectivity index (χ1) is 16.9. The van der Waals surface area contributed by atoms with Crippen molar-refractivity contribution in [3.05, 3.63) is 66.3 Å². The fourth-order valence-corrected chi connectivity index (χ4v) is 4.55. The highest BCUT2D eigenvalue weighted by molar-refractivity contribution is 5.82. The lowest BCUT2D eigenvalue weighted by Crippen LogP contribution is -2.39. The Balaban J connectivity index is 0.000000271. The molecule has 2 fully saturated rings. The maximum atomic E-state index is 4.64. The first-order valence-electron chi connectivity index (χ1n) is 12.6. The number of hydrogen-bond acceptors (Lipinski definition) is 6. The molecule has 1 aliphatic heterocycles. The SMILES string of the molecule is C=Cc1cnn2ccc(C(=C)c3cnc(N[C@H](C)C4CC4)nc3C)cc12.CNC1CCN(C)CC1. The van der Waals surface area contributed by atoms with Gasteiger partial charge in [0.05, 0.1) is 17.4 Å². The van der Waals surface area contributed by atoms with Crippen LogP contribution in [0.15, 0.2) is 43.9 Å². The minimum atomic E-state index is 0.421. The van der Waals surface area contributed by atoms with Crippen molar-refractivity contribution in [2.24, 2.45) is 5.92 Å². The molecular weight excluding hydrogens is 434 g/mol. The Morgan fingerprint density at radius 3 is 2.57 bits per heavy atom. The molecule has 7 nitrogen and oxygen atoms in total. The summed E-state index contributed by atoms with van der Waals surface area (Å²) in [7, 11) is 4.24. The molecule has 2 N–H and O–H groups in total. The van der Waals surface area contributed by atoms with Crippen molar-refractivity contribution in [3.63, 3.8) is 0 Å². The third-order valence-corrected chi connectivity index (χ3v) is 7.24. The van der Waals surface area contributed by atoms with E-state index in [9.17, 15) is 0 Å². The number of aromatic nitrogens is 4. The summed E-state index contributed by atoms with van der Waals surface area (Å²) in [6.45, 7) is 14.8. The molecule has 3 aromatic rings. The fourth-order valence-electron chi connectivity index (χ4n) is 4.55. The highest BCUT2D eigenvalue weighted by Crippen LogP contribution is 2.33. The van der Waals surface area contributed by atoms with Gasteiger partial charge in [-0.3, -0.25) is 0 Å². The summed E-state index contributed by atoms with van der Waals surface area (Å²) < 4.78 is 1.84. The van der Waals surface area contributed by atoms with Crippen molar-refractivity contribution in [3.8, 4) is 0 Å². The molecule has 0 bridgehead atoms. The molecule has 5 rings (SSSR count). The van der Waals surface area contributed by atoms with Crippen LogP contribution in [0.3, 0.4) is 0 Å². The van der Waals surface area contributed by atoms with Gasteiger partial charge in [-0.2, -0.15) is 5.10 Å². The van der Waals surface area contributed by atoms with Gasteiger partial charge in [-0.1, -0.05) is 19.2 Å². The number of anilines is 1. The van der Waals surface area contributed by atoms with Crippen LogP contribution >= 0.6 is 0 Å². The van der Waals surface area contributed by atoms with Crippen molar-refractivity contribution in [1.82, 2.24) is 29.8 Å². The Labute approximate surface area is 209 Å². The molecule has 1 atom stereocenters. The van der Waals surface area contributed by atoms with Crippen molar-refractivity contribution in [1.29, 1.82) is 0 Å². The van der Waals surface area contributed by atoms with Crippen LogP contribution in [0.2, 0.25) is 0 Å². The van der Waals surface area contributed by atoms with Crippen LogP contribution in [0.5, 0.6) is 0 Å². The summed E-state index contributed by atoms with van der Waals surface area (Å²) >= 11 is 0. The number of nitrogens with zero attached hydrogens (tertiary/aromatic N) is 5. The third-order valence-electron chi connectivity index (χ3n) is 7.24. The molecule has 3 aromatic heterocycles. The number of hydrogen-bond donors (Lipinski definition) is 2. The minimum Gasteiger partial charge on any atom is -0.351 e. The Morgan fingerprint density at radius 2 is 1.94 bits per heavy atom. The number of nitrogens with one attached hydrogen (secondary N) is 2. The predicted octanol–water partition coefficient (Wildman–Crippen LogP) is 4.65. The van der Waals surface area contributed by atoms with E-state index in [1.54, 1.807) is 0 Å². The van der Waals surface area contributed by atoms with Gasteiger partial charge in [-0.15, -0.1) is 0 Å². The molecule has 1 aliphatic carbocycles. The van der Waals surface area contributed by atoms with Crippen LogP contribution in [0.4, 0.5) is 5.95 Å². The van der Waals surface area contributed by atoms with E-state index in [0.29, 0.717) is 12.0 Å². The van der Waals surface area contributed by atoms with E-state index in [1.165, 1.54) is 38.8 Å². The van der Waals surface area contributed by atoms with Crippen molar-refractivity contribution < 1.29 is 0 Å². The summed E-state index contributed by atoms with van der Waals surface area (Å²) in [4.78, 5) is 11.5. The smallest absolute Gasteiger partial charge is 0.223 e. The standard InChI is InChI=1S/C21H23N5.C7H16N2/c1-5-16-11-23-26-9-8-18(10-20(16)26)13(2)19-12-22-21(25-15(19)4)24-14(3)17-6-7-17;1-8-7-3-5-9(2)6-4-7/h5,8-12,14,17H,1-2,6-7H2,3-4H3,(H,22,24,25);7-8H,3-6H2,1-2H3/t14-;/m1./s1. The first kappa shape index (κ1) is 25.1. The molecule has 1 saturated heterocycles. The molecule has 0 radical (unpaired) electrons. The van der Waals surface area contributed by atoms with Crippen LogP contribution in [0.25, 0.3) is 17.2 Å². The number of pyridine rings is 1. The lowest BCUT2D eigenvalue weighted by Gasteiger charge is -2.28. The second-order valence-electron chi connectivity index (χ2n) is 9.86. The monoisotopic (exact) mass is 473 g/mol. The lowest BCUT2D eigenvalue weighted by molar-refractivity contribution is 0.240. The molecule has 0 amide bonds. The van der Waals surface area contributed by atoms with E-state index in [0.717, 1.165) is 45.4 Å². The summed E-state index contributed by atoms with van der Waals surface area (Å²) in [5, 5.41) is 11.0. The summed E-state index contributed by atoms with van der Waals surface area (Å²) in [6.07, 6.45) is 12.6. The lowest BCUT2D eigenvalue weighted by atomic mass is 10.00. The molecule has 4 heterocycles. The minimum absolute atomic E-state index is 0.421. The normalized spacial score (nSPS) is 17.5. The van der Waals surface area contributed by atoms with E-state index in [4.69, 9.17) is 0 Å². The number of aryl methyl sites for hydroxylation is 1. The van der Waals surface area contributed by atoms with Crippen LogP contribution in [0.1, 0.15) is 55.0 Å². The van der Waals surface area contributed by atoms with Gasteiger partial charge in [0.1, 0.15) is 0 Å². The predicted molar refractivity (Wildman–Crippen MR) is 146 cm³/mol. The zero-order chi connectivity index (χ0) is 24.9. The number of rotatable bonds is 7. The first-order valence-corrected chi connectivity index (χ1v) is 12.6. The van der Waals surface area contributed by atoms with Crippen LogP contribution in [-0.2, 0) is 0 Å². The average molecular weight is 474 g/mol. The second-order valence-corrected chi connectivity index (χ2v) is 9.86. The maximum absolute atomic E-state index is 4.64. The highest BCUT2D eigenvalue weighted by atomic mass is 15.2. The number of fused-ring (bicyclic) bond motifs is 1. The fraction of sp³-hybridized carbons (Fsp3) is 0.464.